The van der Waals surface area contributed by atoms with E-state index in [1.165, 1.54) is 12.8 Å². The van der Waals surface area contributed by atoms with Crippen LogP contribution in [0.25, 0.3) is 0 Å². The quantitative estimate of drug-likeness (QED) is 0.567. The molecule has 4 N–H and O–H groups in total. The third-order valence-electron chi connectivity index (χ3n) is 2.19. The van der Waals surface area contributed by atoms with Gasteiger partial charge in [0.2, 0.25) is 0 Å². The maximum absolute atomic E-state index is 10.5. The van der Waals surface area contributed by atoms with Crippen molar-refractivity contribution in [2.75, 3.05) is 6.54 Å². The maximum atomic E-state index is 10.5. The van der Waals surface area contributed by atoms with Crippen molar-refractivity contribution in [2.45, 2.75) is 38.3 Å². The Balaban J connectivity index is 2.16. The molecule has 0 spiro atoms. The van der Waals surface area contributed by atoms with Gasteiger partial charge in [-0.25, -0.2) is 4.79 Å². The lowest BCUT2D eigenvalue weighted by atomic mass is 10.1. The standard InChI is InChI=1S/C8H17N3O/c1-6(11-8(9)12)5-7-3-2-4-10-7/h6-7,10H,2-5H2,1H3,(H3,9,11,12). The van der Waals surface area contributed by atoms with Gasteiger partial charge in [-0.3, -0.25) is 0 Å². The van der Waals surface area contributed by atoms with Crippen molar-refractivity contribution in [2.24, 2.45) is 5.73 Å². The number of nitrogens with one attached hydrogen (secondary N) is 2. The molecule has 0 bridgehead atoms. The number of amides is 2. The first-order valence-electron chi connectivity index (χ1n) is 4.48. The molecule has 0 radical (unpaired) electrons. The summed E-state index contributed by atoms with van der Waals surface area (Å²) in [5, 5.41) is 6.04. The highest BCUT2D eigenvalue weighted by atomic mass is 16.2. The molecule has 70 valence electrons. The van der Waals surface area contributed by atoms with Crippen LogP contribution in [0.5, 0.6) is 0 Å². The van der Waals surface area contributed by atoms with Crippen molar-refractivity contribution < 1.29 is 4.79 Å². The minimum atomic E-state index is -0.430. The Morgan fingerprint density at radius 1 is 1.83 bits per heavy atom. The molecule has 0 aromatic rings. The van der Waals surface area contributed by atoms with Crippen LogP contribution >= 0.6 is 0 Å². The third-order valence-corrected chi connectivity index (χ3v) is 2.19. The minimum absolute atomic E-state index is 0.179. The summed E-state index contributed by atoms with van der Waals surface area (Å²) in [5.41, 5.74) is 5.00. The number of nitrogens with two attached hydrogens (primary N) is 1. The SMILES string of the molecule is CC(CC1CCCN1)NC(N)=O. The van der Waals surface area contributed by atoms with Crippen LogP contribution in [0.3, 0.4) is 0 Å². The number of urea groups is 1. The van der Waals surface area contributed by atoms with Crippen LogP contribution in [0.15, 0.2) is 0 Å². The van der Waals surface area contributed by atoms with Gasteiger partial charge in [0.05, 0.1) is 0 Å². The van der Waals surface area contributed by atoms with Crippen molar-refractivity contribution in [1.29, 1.82) is 0 Å². The molecule has 1 aliphatic rings. The van der Waals surface area contributed by atoms with Gasteiger partial charge in [0.1, 0.15) is 0 Å². The van der Waals surface area contributed by atoms with Crippen molar-refractivity contribution >= 4 is 6.03 Å². The molecule has 4 heteroatoms. The molecule has 0 saturated carbocycles. The molecule has 12 heavy (non-hydrogen) atoms. The van der Waals surface area contributed by atoms with Crippen LogP contribution in [-0.4, -0.2) is 24.7 Å². The van der Waals surface area contributed by atoms with Crippen molar-refractivity contribution in [3.63, 3.8) is 0 Å². The molecule has 1 fully saturated rings. The monoisotopic (exact) mass is 171 g/mol. The van der Waals surface area contributed by atoms with Crippen LogP contribution < -0.4 is 16.4 Å². The maximum Gasteiger partial charge on any atom is 0.312 e. The van der Waals surface area contributed by atoms with Gasteiger partial charge in [0.15, 0.2) is 0 Å². The van der Waals surface area contributed by atoms with Crippen molar-refractivity contribution in [3.05, 3.63) is 0 Å². The zero-order valence-corrected chi connectivity index (χ0v) is 7.47. The number of hydrogen-bond donors (Lipinski definition) is 3. The summed E-state index contributed by atoms with van der Waals surface area (Å²) < 4.78 is 0. The number of primary amides is 1. The number of hydrogen-bond acceptors (Lipinski definition) is 2. The van der Waals surface area contributed by atoms with Gasteiger partial charge in [-0.1, -0.05) is 0 Å². The number of carbonyl (C=O) groups excluding carboxylic acids is 1. The van der Waals surface area contributed by atoms with E-state index in [0.29, 0.717) is 6.04 Å². The van der Waals surface area contributed by atoms with E-state index >= 15 is 0 Å². The summed E-state index contributed by atoms with van der Waals surface area (Å²) in [5.74, 6) is 0. The van der Waals surface area contributed by atoms with Crippen molar-refractivity contribution in [1.82, 2.24) is 10.6 Å². The second-order valence-electron chi connectivity index (χ2n) is 3.44. The Kier molecular flexibility index (Phi) is 3.34. The van der Waals surface area contributed by atoms with E-state index in [0.717, 1.165) is 13.0 Å². The van der Waals surface area contributed by atoms with Crippen LogP contribution in [-0.2, 0) is 0 Å². The Bertz CT molecular complexity index is 154. The number of carbonyl (C=O) groups is 1. The first kappa shape index (κ1) is 9.32. The van der Waals surface area contributed by atoms with Crippen molar-refractivity contribution in [3.8, 4) is 0 Å². The Morgan fingerprint density at radius 3 is 3.08 bits per heavy atom. The fourth-order valence-corrected chi connectivity index (χ4v) is 1.69. The molecule has 4 nitrogen and oxygen atoms in total. The predicted octanol–water partition coefficient (Wildman–Crippen LogP) is 0.185. The van der Waals surface area contributed by atoms with Crippen LogP contribution in [0, 0.1) is 0 Å². The molecule has 1 saturated heterocycles. The molecular weight excluding hydrogens is 154 g/mol. The van der Waals surface area contributed by atoms with Crippen LogP contribution in [0.1, 0.15) is 26.2 Å². The highest BCUT2D eigenvalue weighted by molar-refractivity contribution is 5.71. The Hall–Kier alpha value is -0.770. The Morgan fingerprint density at radius 2 is 2.58 bits per heavy atom. The summed E-state index contributed by atoms with van der Waals surface area (Å²) in [7, 11) is 0. The topological polar surface area (TPSA) is 67.2 Å². The fraction of sp³-hybridized carbons (Fsp3) is 0.875. The summed E-state index contributed by atoms with van der Waals surface area (Å²) in [6, 6.07) is 0.311. The predicted molar refractivity (Wildman–Crippen MR) is 47.8 cm³/mol. The van der Waals surface area contributed by atoms with Gasteiger partial charge in [0, 0.05) is 12.1 Å². The van der Waals surface area contributed by atoms with Gasteiger partial charge in [-0.2, -0.15) is 0 Å². The van der Waals surface area contributed by atoms with E-state index in [1.54, 1.807) is 0 Å². The van der Waals surface area contributed by atoms with E-state index in [9.17, 15) is 4.79 Å². The first-order chi connectivity index (χ1) is 5.68. The lowest BCUT2D eigenvalue weighted by Gasteiger charge is -2.16. The average Bonchev–Trinajstić information content (AvgIpc) is 2.37. The smallest absolute Gasteiger partial charge is 0.312 e. The fourth-order valence-electron chi connectivity index (χ4n) is 1.69. The molecule has 2 amide bonds. The number of rotatable bonds is 3. The van der Waals surface area contributed by atoms with E-state index in [2.05, 4.69) is 10.6 Å². The van der Waals surface area contributed by atoms with E-state index in [1.807, 2.05) is 6.92 Å². The van der Waals surface area contributed by atoms with Gasteiger partial charge >= 0.3 is 6.03 Å². The summed E-state index contributed by atoms with van der Waals surface area (Å²) in [6.45, 7) is 3.08. The van der Waals surface area contributed by atoms with E-state index < -0.39 is 6.03 Å². The van der Waals surface area contributed by atoms with E-state index in [-0.39, 0.29) is 6.04 Å². The molecule has 0 aromatic carbocycles. The summed E-state index contributed by atoms with van der Waals surface area (Å²) >= 11 is 0. The zero-order chi connectivity index (χ0) is 8.97. The lowest BCUT2D eigenvalue weighted by Crippen LogP contribution is -2.40. The second-order valence-corrected chi connectivity index (χ2v) is 3.44. The van der Waals surface area contributed by atoms with Gasteiger partial charge < -0.3 is 16.4 Å². The average molecular weight is 171 g/mol. The summed E-state index contributed by atoms with van der Waals surface area (Å²) in [4.78, 5) is 10.5. The highest BCUT2D eigenvalue weighted by Gasteiger charge is 2.17. The second kappa shape index (κ2) is 4.30. The molecule has 0 aliphatic carbocycles. The van der Waals surface area contributed by atoms with Gasteiger partial charge in [-0.15, -0.1) is 0 Å². The lowest BCUT2D eigenvalue weighted by molar-refractivity contribution is 0.244. The molecule has 2 atom stereocenters. The normalized spacial score (nSPS) is 25.2. The molecule has 1 heterocycles. The molecule has 2 unspecified atom stereocenters. The highest BCUT2D eigenvalue weighted by Crippen LogP contribution is 2.10. The Labute approximate surface area is 72.9 Å². The van der Waals surface area contributed by atoms with E-state index in [4.69, 9.17) is 5.73 Å². The first-order valence-corrected chi connectivity index (χ1v) is 4.48. The summed E-state index contributed by atoms with van der Waals surface area (Å²) in [6.07, 6.45) is 3.43. The molecule has 1 aliphatic heterocycles. The van der Waals surface area contributed by atoms with Gasteiger partial charge in [0.25, 0.3) is 0 Å². The minimum Gasteiger partial charge on any atom is -0.352 e. The molecule has 0 aromatic heterocycles. The largest absolute Gasteiger partial charge is 0.352 e. The third kappa shape index (κ3) is 3.09. The molecular formula is C8H17N3O. The van der Waals surface area contributed by atoms with Gasteiger partial charge in [-0.05, 0) is 32.7 Å². The zero-order valence-electron chi connectivity index (χ0n) is 7.47. The molecule has 1 rings (SSSR count). The van der Waals surface area contributed by atoms with Crippen LogP contribution in [0.4, 0.5) is 4.79 Å². The van der Waals surface area contributed by atoms with Crippen LogP contribution in [0.2, 0.25) is 0 Å².